The van der Waals surface area contributed by atoms with Gasteiger partial charge in [-0.25, -0.2) is 4.98 Å². The summed E-state index contributed by atoms with van der Waals surface area (Å²) >= 11 is 5.82. The third-order valence-electron chi connectivity index (χ3n) is 2.48. The van der Waals surface area contributed by atoms with Crippen LogP contribution in [0.1, 0.15) is 5.56 Å². The lowest BCUT2D eigenvalue weighted by molar-refractivity contribution is 0.363. The zero-order chi connectivity index (χ0) is 13.5. The van der Waals surface area contributed by atoms with E-state index in [-0.39, 0.29) is 0 Å². The quantitative estimate of drug-likeness (QED) is 0.640. The van der Waals surface area contributed by atoms with Gasteiger partial charge in [-0.1, -0.05) is 42.5 Å². The van der Waals surface area contributed by atoms with Crippen LogP contribution in [-0.2, 0) is 6.54 Å². The Kier molecular flexibility index (Phi) is 4.81. The highest BCUT2D eigenvalue weighted by atomic mass is 35.5. The largest absolute Gasteiger partial charge is 0.490 e. The van der Waals surface area contributed by atoms with Gasteiger partial charge in [0.2, 0.25) is 0 Å². The molecule has 2 aromatic rings. The SMILES string of the molecule is C=CCOc1ccc(CNc2cccc(Cl)n2)cc1. The molecule has 98 valence electrons. The van der Waals surface area contributed by atoms with Gasteiger partial charge in [0, 0.05) is 6.54 Å². The maximum absolute atomic E-state index is 5.82. The van der Waals surface area contributed by atoms with Crippen molar-refractivity contribution in [3.05, 3.63) is 65.8 Å². The Morgan fingerprint density at radius 2 is 2.00 bits per heavy atom. The van der Waals surface area contributed by atoms with Crippen LogP contribution in [0, 0.1) is 0 Å². The second-order valence-corrected chi connectivity index (χ2v) is 4.33. The first-order valence-electron chi connectivity index (χ1n) is 5.97. The molecule has 0 radical (unpaired) electrons. The van der Waals surface area contributed by atoms with Crippen molar-refractivity contribution in [2.24, 2.45) is 0 Å². The first-order chi connectivity index (χ1) is 9.28. The van der Waals surface area contributed by atoms with E-state index in [0.717, 1.165) is 17.1 Å². The van der Waals surface area contributed by atoms with E-state index >= 15 is 0 Å². The fourth-order valence-electron chi connectivity index (χ4n) is 1.56. The molecule has 1 heterocycles. The molecule has 3 nitrogen and oxygen atoms in total. The lowest BCUT2D eigenvalue weighted by atomic mass is 10.2. The average molecular weight is 275 g/mol. The van der Waals surface area contributed by atoms with Crippen LogP contribution < -0.4 is 10.1 Å². The lowest BCUT2D eigenvalue weighted by Crippen LogP contribution is -2.01. The number of rotatable bonds is 6. The van der Waals surface area contributed by atoms with E-state index in [1.165, 1.54) is 0 Å². The number of anilines is 1. The number of hydrogen-bond donors (Lipinski definition) is 1. The Bertz CT molecular complexity index is 540. The Balaban J connectivity index is 1.91. The Labute approximate surface area is 117 Å². The van der Waals surface area contributed by atoms with Gasteiger partial charge in [0.15, 0.2) is 0 Å². The standard InChI is InChI=1S/C15H15ClN2O/c1-2-10-19-13-8-6-12(7-9-13)11-17-15-5-3-4-14(16)18-15/h2-9H,1,10-11H2,(H,17,18). The Hall–Kier alpha value is -2.00. The fourth-order valence-corrected chi connectivity index (χ4v) is 1.72. The molecule has 0 spiro atoms. The van der Waals surface area contributed by atoms with Crippen LogP contribution >= 0.6 is 11.6 Å². The zero-order valence-electron chi connectivity index (χ0n) is 10.5. The molecule has 0 aliphatic heterocycles. The van der Waals surface area contributed by atoms with Crippen LogP contribution in [0.4, 0.5) is 5.82 Å². The highest BCUT2D eigenvalue weighted by Crippen LogP contribution is 2.14. The number of ether oxygens (including phenoxy) is 1. The van der Waals surface area contributed by atoms with Gasteiger partial charge in [0.25, 0.3) is 0 Å². The second-order valence-electron chi connectivity index (χ2n) is 3.94. The molecule has 0 aliphatic carbocycles. The molecule has 0 unspecified atom stereocenters. The maximum atomic E-state index is 5.82. The molecule has 1 N–H and O–H groups in total. The minimum absolute atomic E-state index is 0.484. The van der Waals surface area contributed by atoms with E-state index in [4.69, 9.17) is 16.3 Å². The molecular weight excluding hydrogens is 260 g/mol. The Morgan fingerprint density at radius 3 is 2.68 bits per heavy atom. The lowest BCUT2D eigenvalue weighted by Gasteiger charge is -2.07. The van der Waals surface area contributed by atoms with Crippen LogP contribution in [0.25, 0.3) is 0 Å². The number of halogens is 1. The highest BCUT2D eigenvalue weighted by Gasteiger charge is 1.97. The van der Waals surface area contributed by atoms with Crippen LogP contribution in [-0.4, -0.2) is 11.6 Å². The summed E-state index contributed by atoms with van der Waals surface area (Å²) in [6.07, 6.45) is 1.72. The number of benzene rings is 1. The van der Waals surface area contributed by atoms with E-state index in [2.05, 4.69) is 16.9 Å². The number of nitrogens with one attached hydrogen (secondary N) is 1. The van der Waals surface area contributed by atoms with Crippen molar-refractivity contribution in [1.29, 1.82) is 0 Å². The molecule has 0 saturated heterocycles. The molecule has 0 fully saturated rings. The topological polar surface area (TPSA) is 34.1 Å². The molecule has 4 heteroatoms. The second kappa shape index (κ2) is 6.81. The summed E-state index contributed by atoms with van der Waals surface area (Å²) in [6.45, 7) is 4.82. The number of pyridine rings is 1. The van der Waals surface area contributed by atoms with Crippen molar-refractivity contribution in [2.75, 3.05) is 11.9 Å². The van der Waals surface area contributed by atoms with Crippen LogP contribution in [0.2, 0.25) is 5.15 Å². The van der Waals surface area contributed by atoms with E-state index in [1.807, 2.05) is 36.4 Å². The minimum Gasteiger partial charge on any atom is -0.490 e. The third-order valence-corrected chi connectivity index (χ3v) is 2.69. The predicted octanol–water partition coefficient (Wildman–Crippen LogP) is 3.91. The molecule has 0 bridgehead atoms. The van der Waals surface area contributed by atoms with Crippen molar-refractivity contribution in [3.8, 4) is 5.75 Å². The van der Waals surface area contributed by atoms with Gasteiger partial charge < -0.3 is 10.1 Å². The molecule has 2 rings (SSSR count). The maximum Gasteiger partial charge on any atom is 0.131 e. The van der Waals surface area contributed by atoms with E-state index < -0.39 is 0 Å². The molecule has 1 aromatic carbocycles. The third kappa shape index (κ3) is 4.30. The van der Waals surface area contributed by atoms with Gasteiger partial charge in [0.1, 0.15) is 23.3 Å². The fraction of sp³-hybridized carbons (Fsp3) is 0.133. The van der Waals surface area contributed by atoms with Crippen molar-refractivity contribution in [1.82, 2.24) is 4.98 Å². The summed E-state index contributed by atoms with van der Waals surface area (Å²) < 4.78 is 5.42. The average Bonchev–Trinajstić information content (AvgIpc) is 2.44. The zero-order valence-corrected chi connectivity index (χ0v) is 11.2. The Morgan fingerprint density at radius 1 is 1.21 bits per heavy atom. The van der Waals surface area contributed by atoms with E-state index in [0.29, 0.717) is 18.3 Å². The van der Waals surface area contributed by atoms with Crippen molar-refractivity contribution in [3.63, 3.8) is 0 Å². The number of hydrogen-bond acceptors (Lipinski definition) is 3. The minimum atomic E-state index is 0.484. The van der Waals surface area contributed by atoms with E-state index in [1.54, 1.807) is 12.1 Å². The van der Waals surface area contributed by atoms with Crippen molar-refractivity contribution < 1.29 is 4.74 Å². The van der Waals surface area contributed by atoms with Gasteiger partial charge in [-0.05, 0) is 29.8 Å². The molecule has 19 heavy (non-hydrogen) atoms. The molecular formula is C15H15ClN2O. The first kappa shape index (κ1) is 13.4. The van der Waals surface area contributed by atoms with Crippen LogP contribution in [0.5, 0.6) is 5.75 Å². The van der Waals surface area contributed by atoms with Crippen LogP contribution in [0.15, 0.2) is 55.1 Å². The van der Waals surface area contributed by atoms with Gasteiger partial charge in [0.05, 0.1) is 0 Å². The molecule has 1 aromatic heterocycles. The summed E-state index contributed by atoms with van der Waals surface area (Å²) in [6, 6.07) is 13.4. The monoisotopic (exact) mass is 274 g/mol. The molecule has 0 saturated carbocycles. The smallest absolute Gasteiger partial charge is 0.131 e. The summed E-state index contributed by atoms with van der Waals surface area (Å²) in [5.41, 5.74) is 1.15. The van der Waals surface area contributed by atoms with E-state index in [9.17, 15) is 0 Å². The van der Waals surface area contributed by atoms with Crippen molar-refractivity contribution >= 4 is 17.4 Å². The van der Waals surface area contributed by atoms with Crippen LogP contribution in [0.3, 0.4) is 0 Å². The number of aromatic nitrogens is 1. The van der Waals surface area contributed by atoms with Gasteiger partial charge in [-0.2, -0.15) is 0 Å². The van der Waals surface area contributed by atoms with Crippen molar-refractivity contribution in [2.45, 2.75) is 6.54 Å². The summed E-state index contributed by atoms with van der Waals surface area (Å²) in [5.74, 6) is 1.60. The number of nitrogens with zero attached hydrogens (tertiary/aromatic N) is 1. The molecule has 0 aliphatic rings. The van der Waals surface area contributed by atoms with Gasteiger partial charge >= 0.3 is 0 Å². The normalized spacial score (nSPS) is 9.95. The van der Waals surface area contributed by atoms with Gasteiger partial charge in [-0.15, -0.1) is 0 Å². The summed E-state index contributed by atoms with van der Waals surface area (Å²) in [7, 11) is 0. The first-order valence-corrected chi connectivity index (χ1v) is 6.35. The highest BCUT2D eigenvalue weighted by molar-refractivity contribution is 6.29. The summed E-state index contributed by atoms with van der Waals surface area (Å²) in [5, 5.41) is 3.70. The molecule has 0 amide bonds. The van der Waals surface area contributed by atoms with Gasteiger partial charge in [-0.3, -0.25) is 0 Å². The summed E-state index contributed by atoms with van der Waals surface area (Å²) in [4.78, 5) is 4.16. The molecule has 0 atom stereocenters. The predicted molar refractivity (Wildman–Crippen MR) is 78.7 cm³/mol.